The summed E-state index contributed by atoms with van der Waals surface area (Å²) in [5.41, 5.74) is 0. The maximum Gasteiger partial charge on any atom is 0 e. The van der Waals surface area contributed by atoms with E-state index in [0.717, 1.165) is 6.92 Å². The molecule has 0 aromatic carbocycles. The summed E-state index contributed by atoms with van der Waals surface area (Å²) in [6.45, 7) is 1.08. The molecule has 9 heavy (non-hydrogen) atoms. The van der Waals surface area contributed by atoms with Crippen molar-refractivity contribution in [2.75, 3.05) is 0 Å². The molecule has 7 heteroatoms. The molecule has 0 heterocycles. The maximum absolute atomic E-state index is 9.00. The smallest absolute Gasteiger partial charge is 0 e. The molecule has 0 aliphatic carbocycles. The number of halogens is 3. The first-order valence-electron chi connectivity index (χ1n) is 1.31. The standard InChI is InChI=1S/C2H4O2.3ClH.2Co/c1-2(3)4;;;;;/h1H3,(H,3,4);3*1H;;/q;;;;;+3/p-3. The zero-order chi connectivity index (χ0) is 7.15. The topological polar surface area (TPSA) is 37.3 Å². The zero-order valence-corrected chi connectivity index (χ0v) is 8.51. The third-order valence-electron chi connectivity index (χ3n) is 0. The van der Waals surface area contributed by atoms with Crippen LogP contribution in [0.15, 0.2) is 0 Å². The van der Waals surface area contributed by atoms with Gasteiger partial charge in [-0.1, -0.05) is 0 Å². The molecular weight excluding hydrogens is 280 g/mol. The largest absolute Gasteiger partial charge is 0 e. The summed E-state index contributed by atoms with van der Waals surface area (Å²) in [6.07, 6.45) is 0. The minimum absolute atomic E-state index is 0. The van der Waals surface area contributed by atoms with Crippen LogP contribution in [0.25, 0.3) is 0 Å². The molecule has 63 valence electrons. The molecule has 1 radical (unpaired) electrons. The molecule has 0 saturated carbocycles. The van der Waals surface area contributed by atoms with Crippen molar-refractivity contribution < 1.29 is 37.6 Å². The summed E-state index contributed by atoms with van der Waals surface area (Å²) < 4.78 is 0. The first kappa shape index (κ1) is 16.8. The average Bonchev–Trinajstić information content (AvgIpc) is 1.25. The van der Waals surface area contributed by atoms with Gasteiger partial charge < -0.3 is 5.11 Å². The molecule has 0 rings (SSSR count). The second kappa shape index (κ2) is 12.1. The summed E-state index contributed by atoms with van der Waals surface area (Å²) >= 11 is 0. The molecule has 0 atom stereocenters. The third-order valence-corrected chi connectivity index (χ3v) is 0. The van der Waals surface area contributed by atoms with Crippen molar-refractivity contribution in [3.05, 3.63) is 0 Å². The fraction of sp³-hybridized carbons (Fsp3) is 0.500. The molecule has 0 aliphatic rings. The second-order valence-electron chi connectivity index (χ2n) is 0.662. The van der Waals surface area contributed by atoms with Crippen LogP contribution in [0, 0.1) is 0 Å². The van der Waals surface area contributed by atoms with E-state index in [-0.39, 0.29) is 16.8 Å². The van der Waals surface area contributed by atoms with Crippen LogP contribution in [0.4, 0.5) is 0 Å². The number of aliphatic carboxylic acids is 1. The van der Waals surface area contributed by atoms with Crippen molar-refractivity contribution in [1.29, 1.82) is 0 Å². The van der Waals surface area contributed by atoms with E-state index in [1.165, 1.54) is 0 Å². The van der Waals surface area contributed by atoms with Gasteiger partial charge in [-0.15, -0.1) is 0 Å². The fourth-order valence-corrected chi connectivity index (χ4v) is 0. The molecule has 0 aliphatic heterocycles. The normalized spacial score (nSPS) is 7.78. The van der Waals surface area contributed by atoms with Crippen LogP contribution in [0.1, 0.15) is 6.92 Å². The van der Waals surface area contributed by atoms with Crippen LogP contribution >= 0.6 is 30.4 Å². The number of rotatable bonds is 0. The molecule has 0 unspecified atom stereocenters. The van der Waals surface area contributed by atoms with Gasteiger partial charge in [0.2, 0.25) is 0 Å². The van der Waals surface area contributed by atoms with E-state index in [1.807, 2.05) is 0 Å². The number of carbonyl (C=O) groups is 1. The summed E-state index contributed by atoms with van der Waals surface area (Å²) in [5, 5.41) is 7.42. The number of carboxylic acid groups (broad SMARTS) is 1. The van der Waals surface area contributed by atoms with Gasteiger partial charge in [-0.05, 0) is 0 Å². The number of carboxylic acids is 1. The molecule has 1 N–H and O–H groups in total. The van der Waals surface area contributed by atoms with Gasteiger partial charge in [0, 0.05) is 23.7 Å². The SMILES string of the molecule is CC(=O)O.[Cl][Co]([Cl])[Cl].[Co]. The summed E-state index contributed by atoms with van der Waals surface area (Å²) in [7, 11) is 13.4. The van der Waals surface area contributed by atoms with Crippen LogP contribution in [-0.2, 0) is 32.5 Å². The van der Waals surface area contributed by atoms with E-state index >= 15 is 0 Å². The van der Waals surface area contributed by atoms with E-state index in [0.29, 0.717) is 0 Å². The molecule has 0 saturated heterocycles. The Morgan fingerprint density at radius 1 is 1.44 bits per heavy atom. The maximum atomic E-state index is 9.00. The quantitative estimate of drug-likeness (QED) is 0.740. The Labute approximate surface area is 80.5 Å². The van der Waals surface area contributed by atoms with Crippen molar-refractivity contribution in [2.24, 2.45) is 0 Å². The van der Waals surface area contributed by atoms with Gasteiger partial charge in [0.25, 0.3) is 5.97 Å². The molecule has 0 spiro atoms. The fourth-order valence-electron chi connectivity index (χ4n) is 0. The molecule has 0 aromatic heterocycles. The number of hydrogen-bond donors (Lipinski definition) is 1. The minimum atomic E-state index is -1.19. The van der Waals surface area contributed by atoms with Crippen molar-refractivity contribution in [1.82, 2.24) is 0 Å². The van der Waals surface area contributed by atoms with E-state index in [4.69, 9.17) is 40.3 Å². The van der Waals surface area contributed by atoms with Crippen LogP contribution in [0.5, 0.6) is 0 Å². The van der Waals surface area contributed by atoms with E-state index in [1.54, 1.807) is 0 Å². The molecule has 0 bridgehead atoms. The van der Waals surface area contributed by atoms with Crippen LogP contribution < -0.4 is 0 Å². The van der Waals surface area contributed by atoms with Gasteiger partial charge in [0.1, 0.15) is 0 Å². The predicted molar refractivity (Wildman–Crippen MR) is 30.9 cm³/mol. The van der Waals surface area contributed by atoms with Crippen molar-refractivity contribution in [3.8, 4) is 0 Å². The van der Waals surface area contributed by atoms with Gasteiger partial charge in [0.15, 0.2) is 0 Å². The van der Waals surface area contributed by atoms with Gasteiger partial charge in [0.05, 0.1) is 0 Å². The van der Waals surface area contributed by atoms with Gasteiger partial charge in [-0.25, -0.2) is 0 Å². The van der Waals surface area contributed by atoms with Crippen molar-refractivity contribution >= 4 is 36.4 Å². The van der Waals surface area contributed by atoms with Crippen LogP contribution in [-0.4, -0.2) is 11.1 Å². The Kier molecular flexibility index (Phi) is 22.5. The van der Waals surface area contributed by atoms with Gasteiger partial charge in [-0.2, -0.15) is 0 Å². The average molecular weight is 284 g/mol. The van der Waals surface area contributed by atoms with Crippen molar-refractivity contribution in [3.63, 3.8) is 0 Å². The van der Waals surface area contributed by atoms with Crippen LogP contribution in [0.3, 0.4) is 0 Å². The van der Waals surface area contributed by atoms with Gasteiger partial charge >= 0.3 is 41.4 Å². The van der Waals surface area contributed by atoms with Crippen LogP contribution in [0.2, 0.25) is 0 Å². The van der Waals surface area contributed by atoms with E-state index in [9.17, 15) is 0 Å². The zero-order valence-electron chi connectivity index (χ0n) is 4.16. The molecule has 0 amide bonds. The predicted octanol–water partition coefficient (Wildman–Crippen LogP) is 2.15. The monoisotopic (exact) mass is 283 g/mol. The number of hydrogen-bond acceptors (Lipinski definition) is 1. The first-order chi connectivity index (χ1) is 3.46. The van der Waals surface area contributed by atoms with E-state index in [2.05, 4.69) is 0 Å². The minimum Gasteiger partial charge on any atom is 0 e. The molecule has 2 nitrogen and oxygen atoms in total. The Balaban J connectivity index is -0.0000000720. The second-order valence-corrected chi connectivity index (χ2v) is 5.82. The van der Waals surface area contributed by atoms with Gasteiger partial charge in [-0.3, -0.25) is 4.79 Å². The first-order valence-corrected chi connectivity index (χ1v) is 5.60. The molecule has 0 aromatic rings. The summed E-state index contributed by atoms with van der Waals surface area (Å²) in [5.74, 6) is -0.833. The Morgan fingerprint density at radius 2 is 1.44 bits per heavy atom. The molecule has 0 fully saturated rings. The summed E-state index contributed by atoms with van der Waals surface area (Å²) in [6, 6.07) is 0. The Hall–Kier alpha value is 1.35. The molecular formula is C2H4Cl3Co2O2. The Morgan fingerprint density at radius 3 is 1.44 bits per heavy atom. The third kappa shape index (κ3) is 276. The summed E-state index contributed by atoms with van der Waals surface area (Å²) in [4.78, 5) is 9.00. The van der Waals surface area contributed by atoms with Crippen molar-refractivity contribution in [2.45, 2.75) is 6.92 Å². The Bertz CT molecular complexity index is 62.1. The van der Waals surface area contributed by atoms with E-state index < -0.39 is 16.9 Å².